The molecular formula is C18H22Cl2N2O. The summed E-state index contributed by atoms with van der Waals surface area (Å²) in [6, 6.07) is 9.69. The Morgan fingerprint density at radius 3 is 2.74 bits per heavy atom. The number of piperidine rings is 1. The number of aliphatic hydroxyl groups excluding tert-OH is 1. The number of para-hydroxylation sites is 1. The standard InChI is InChI=1S/C17H20N2O.CH2Cl2/c20-10-5-9-6-16-17-13(8-15(18-16)12(9)7-10)11-3-1-2-4-14(11)19-17;2-1-3/h1-4,9-10,12,15-16,18-20H,5-8H2;1H2/t9-,10-,12-,15+,16+;/m1./s1. The van der Waals surface area contributed by atoms with Gasteiger partial charge in [-0.25, -0.2) is 0 Å². The maximum absolute atomic E-state index is 9.98. The van der Waals surface area contributed by atoms with E-state index in [1.54, 1.807) is 0 Å². The van der Waals surface area contributed by atoms with Crippen LogP contribution in [-0.2, 0) is 6.42 Å². The molecule has 1 aromatic heterocycles. The van der Waals surface area contributed by atoms with Crippen molar-refractivity contribution in [1.82, 2.24) is 10.3 Å². The average Bonchev–Trinajstić information content (AvgIpc) is 3.09. The second kappa shape index (κ2) is 6.29. The third-order valence-electron chi connectivity index (χ3n) is 5.81. The summed E-state index contributed by atoms with van der Waals surface area (Å²) in [5, 5.41) is 15.4. The predicted molar refractivity (Wildman–Crippen MR) is 95.1 cm³/mol. The van der Waals surface area contributed by atoms with E-state index in [0.29, 0.717) is 23.9 Å². The number of hydrogen-bond acceptors (Lipinski definition) is 2. The highest BCUT2D eigenvalue weighted by Crippen LogP contribution is 2.48. The Kier molecular flexibility index (Phi) is 4.31. The van der Waals surface area contributed by atoms with Gasteiger partial charge in [-0.2, -0.15) is 0 Å². The van der Waals surface area contributed by atoms with Gasteiger partial charge in [-0.05, 0) is 49.1 Å². The topological polar surface area (TPSA) is 48.0 Å². The van der Waals surface area contributed by atoms with Crippen LogP contribution in [0, 0.1) is 11.8 Å². The lowest BCUT2D eigenvalue weighted by Gasteiger charge is -2.43. The number of aromatic nitrogens is 1. The van der Waals surface area contributed by atoms with Crippen LogP contribution in [0.1, 0.15) is 36.6 Å². The molecule has 0 amide bonds. The van der Waals surface area contributed by atoms with Crippen molar-refractivity contribution < 1.29 is 5.11 Å². The molecule has 2 aliphatic heterocycles. The first-order chi connectivity index (χ1) is 11.2. The van der Waals surface area contributed by atoms with Gasteiger partial charge in [0.25, 0.3) is 0 Å². The average molecular weight is 353 g/mol. The molecule has 1 saturated carbocycles. The number of aliphatic hydroxyl groups is 1. The first-order valence-electron chi connectivity index (χ1n) is 8.36. The zero-order valence-corrected chi connectivity index (χ0v) is 14.4. The van der Waals surface area contributed by atoms with Crippen LogP contribution in [0.2, 0.25) is 0 Å². The lowest BCUT2D eigenvalue weighted by Crippen LogP contribution is -2.50. The third-order valence-corrected chi connectivity index (χ3v) is 5.81. The molecule has 0 radical (unpaired) electrons. The normalized spacial score (nSPS) is 34.5. The minimum atomic E-state index is -0.0683. The van der Waals surface area contributed by atoms with Crippen LogP contribution >= 0.6 is 23.2 Å². The van der Waals surface area contributed by atoms with Crippen molar-refractivity contribution in [3.63, 3.8) is 0 Å². The van der Waals surface area contributed by atoms with Gasteiger partial charge in [0.15, 0.2) is 0 Å². The summed E-state index contributed by atoms with van der Waals surface area (Å²) >= 11 is 9.53. The van der Waals surface area contributed by atoms with Crippen molar-refractivity contribution in [2.75, 3.05) is 5.34 Å². The molecule has 3 heterocycles. The van der Waals surface area contributed by atoms with E-state index in [-0.39, 0.29) is 11.4 Å². The number of fused-ring (bicyclic) bond motifs is 8. The maximum atomic E-state index is 9.98. The SMILES string of the molecule is ClCCl.O[C@@H]1C[C@@H]2C[C@@H]3N[C@@H](Cc4c3[nH]c3ccccc43)[C@@H]2C1. The van der Waals surface area contributed by atoms with E-state index >= 15 is 0 Å². The van der Waals surface area contributed by atoms with E-state index < -0.39 is 0 Å². The molecule has 0 unspecified atom stereocenters. The van der Waals surface area contributed by atoms with Crippen LogP contribution in [0.3, 0.4) is 0 Å². The highest BCUT2D eigenvalue weighted by molar-refractivity contribution is 6.40. The number of alkyl halides is 2. The fraction of sp³-hybridized carbons (Fsp3) is 0.556. The number of H-pyrrole nitrogens is 1. The molecule has 1 saturated heterocycles. The minimum absolute atomic E-state index is 0.0683. The Bertz CT molecular complexity index is 701. The second-order valence-electron chi connectivity index (χ2n) is 6.98. The van der Waals surface area contributed by atoms with E-state index in [1.807, 2.05) is 0 Å². The number of aromatic amines is 1. The molecule has 0 spiro atoms. The van der Waals surface area contributed by atoms with Gasteiger partial charge >= 0.3 is 0 Å². The van der Waals surface area contributed by atoms with Crippen molar-refractivity contribution in [3.05, 3.63) is 35.5 Å². The molecule has 23 heavy (non-hydrogen) atoms. The molecule has 2 bridgehead atoms. The van der Waals surface area contributed by atoms with E-state index in [0.717, 1.165) is 19.3 Å². The zero-order valence-electron chi connectivity index (χ0n) is 12.9. The number of halogens is 2. The van der Waals surface area contributed by atoms with Crippen molar-refractivity contribution in [2.24, 2.45) is 11.8 Å². The molecule has 1 aliphatic carbocycles. The maximum Gasteiger partial charge on any atom is 0.0967 e. The number of benzene rings is 1. The van der Waals surface area contributed by atoms with Crippen molar-refractivity contribution >= 4 is 34.1 Å². The molecule has 5 rings (SSSR count). The van der Waals surface area contributed by atoms with Gasteiger partial charge in [-0.15, -0.1) is 23.2 Å². The van der Waals surface area contributed by atoms with Crippen LogP contribution in [0.25, 0.3) is 10.9 Å². The Morgan fingerprint density at radius 2 is 1.91 bits per heavy atom. The summed E-state index contributed by atoms with van der Waals surface area (Å²) < 4.78 is 0. The largest absolute Gasteiger partial charge is 0.393 e. The van der Waals surface area contributed by atoms with E-state index in [4.69, 9.17) is 23.2 Å². The highest BCUT2D eigenvalue weighted by atomic mass is 35.5. The Balaban J connectivity index is 0.000000421. The van der Waals surface area contributed by atoms with Crippen molar-refractivity contribution in [2.45, 2.75) is 43.9 Å². The molecule has 1 aromatic carbocycles. The lowest BCUT2D eigenvalue weighted by atomic mass is 9.73. The Morgan fingerprint density at radius 1 is 1.13 bits per heavy atom. The minimum Gasteiger partial charge on any atom is -0.393 e. The molecule has 3 N–H and O–H groups in total. The monoisotopic (exact) mass is 352 g/mol. The molecular weight excluding hydrogens is 331 g/mol. The van der Waals surface area contributed by atoms with Gasteiger partial charge in [0.1, 0.15) is 0 Å². The van der Waals surface area contributed by atoms with Crippen LogP contribution in [-0.4, -0.2) is 27.6 Å². The quantitative estimate of drug-likeness (QED) is 0.629. The Hall–Kier alpha value is -0.740. The van der Waals surface area contributed by atoms with E-state index in [1.165, 1.54) is 28.6 Å². The van der Waals surface area contributed by atoms with Crippen molar-refractivity contribution in [3.8, 4) is 0 Å². The predicted octanol–water partition coefficient (Wildman–Crippen LogP) is 3.94. The summed E-state index contributed by atoms with van der Waals surface area (Å²) in [4.78, 5) is 3.64. The molecule has 5 atom stereocenters. The Labute approximate surface area is 146 Å². The van der Waals surface area contributed by atoms with Gasteiger partial charge in [-0.1, -0.05) is 18.2 Å². The number of nitrogens with one attached hydrogen (secondary N) is 2. The summed E-state index contributed by atoms with van der Waals surface area (Å²) in [5.41, 5.74) is 4.20. The summed E-state index contributed by atoms with van der Waals surface area (Å²) in [6.07, 6.45) is 4.23. The van der Waals surface area contributed by atoms with Crippen LogP contribution in [0.15, 0.2) is 24.3 Å². The van der Waals surface area contributed by atoms with Crippen molar-refractivity contribution in [1.29, 1.82) is 0 Å². The molecule has 2 aromatic rings. The van der Waals surface area contributed by atoms with E-state index in [9.17, 15) is 5.11 Å². The summed E-state index contributed by atoms with van der Waals surface area (Å²) in [6.45, 7) is 0. The van der Waals surface area contributed by atoms with Crippen LogP contribution in [0.4, 0.5) is 0 Å². The molecule has 124 valence electrons. The molecule has 2 fully saturated rings. The zero-order chi connectivity index (χ0) is 16.0. The second-order valence-corrected chi connectivity index (χ2v) is 7.79. The van der Waals surface area contributed by atoms with Gasteiger partial charge in [-0.3, -0.25) is 0 Å². The molecule has 3 nitrogen and oxygen atoms in total. The highest BCUT2D eigenvalue weighted by Gasteiger charge is 2.46. The fourth-order valence-corrected chi connectivity index (χ4v) is 5.01. The molecule has 5 heteroatoms. The van der Waals surface area contributed by atoms with Gasteiger partial charge < -0.3 is 15.4 Å². The summed E-state index contributed by atoms with van der Waals surface area (Å²) in [7, 11) is 0. The van der Waals surface area contributed by atoms with Gasteiger partial charge in [0.2, 0.25) is 0 Å². The van der Waals surface area contributed by atoms with Crippen LogP contribution < -0.4 is 5.32 Å². The third kappa shape index (κ3) is 2.68. The van der Waals surface area contributed by atoms with Crippen LogP contribution in [0.5, 0.6) is 0 Å². The van der Waals surface area contributed by atoms with Gasteiger partial charge in [0.05, 0.1) is 11.4 Å². The number of hydrogen-bond donors (Lipinski definition) is 3. The first-order valence-corrected chi connectivity index (χ1v) is 9.43. The first kappa shape index (κ1) is 15.8. The summed E-state index contributed by atoms with van der Waals surface area (Å²) in [5.74, 6) is 1.38. The smallest absolute Gasteiger partial charge is 0.0967 e. The fourth-order valence-electron chi connectivity index (χ4n) is 5.01. The van der Waals surface area contributed by atoms with E-state index in [2.05, 4.69) is 34.6 Å². The molecule has 3 aliphatic rings. The van der Waals surface area contributed by atoms with Gasteiger partial charge in [0, 0.05) is 28.7 Å². The number of rotatable bonds is 0. The lowest BCUT2D eigenvalue weighted by molar-refractivity contribution is 0.159.